The monoisotopic (exact) mass is 924 g/mol. The molecule has 4 heterocycles. The summed E-state index contributed by atoms with van der Waals surface area (Å²) in [6.45, 7) is 5.31. The highest BCUT2D eigenvalue weighted by Crippen LogP contribution is 2.35. The summed E-state index contributed by atoms with van der Waals surface area (Å²) < 4.78 is 7.50. The fraction of sp³-hybridized carbons (Fsp3) is 0.130. The Morgan fingerprint density at radius 3 is 1.54 bits per heavy atom. The highest BCUT2D eigenvalue weighted by atomic mass is 79.9. The molecule has 9 rings (SSSR count). The summed E-state index contributed by atoms with van der Waals surface area (Å²) in [7, 11) is 0. The SMILES string of the molecule is CC.Nc1cc(N)cc(-c2ccc3c(CC(=O)O)cn(Cc4csc5cc(Cl)ccc45)c3c2)c1.O=C(O)Cc1cn(Cc2csc3cc(Cl)ccc23)c2cc(Br)ccc12. The van der Waals surface area contributed by atoms with Gasteiger partial charge in [0.25, 0.3) is 0 Å². The molecule has 0 atom stereocenters. The molecular formula is C46H39BrCl2N4O4S2. The number of anilines is 2. The van der Waals surface area contributed by atoms with Gasteiger partial charge in [-0.3, -0.25) is 9.59 Å². The van der Waals surface area contributed by atoms with Crippen LogP contribution in [0.15, 0.2) is 119 Å². The number of carbonyl (C=O) groups is 2. The Morgan fingerprint density at radius 1 is 0.593 bits per heavy atom. The van der Waals surface area contributed by atoms with Gasteiger partial charge in [-0.05, 0) is 116 Å². The van der Waals surface area contributed by atoms with E-state index in [4.69, 9.17) is 34.7 Å². The zero-order chi connectivity index (χ0) is 42.0. The zero-order valence-electron chi connectivity index (χ0n) is 32.0. The summed E-state index contributed by atoms with van der Waals surface area (Å²) in [5.74, 6) is -1.68. The first-order valence-corrected chi connectivity index (χ1v) is 22.0. The number of hydrogen-bond donors (Lipinski definition) is 4. The number of fused-ring (bicyclic) bond motifs is 4. The molecule has 0 aliphatic carbocycles. The largest absolute Gasteiger partial charge is 0.481 e. The van der Waals surface area contributed by atoms with Crippen molar-refractivity contribution >= 4 is 127 Å². The van der Waals surface area contributed by atoms with Gasteiger partial charge in [-0.2, -0.15) is 0 Å². The highest BCUT2D eigenvalue weighted by Gasteiger charge is 2.16. The van der Waals surface area contributed by atoms with Gasteiger partial charge in [0.15, 0.2) is 0 Å². The first-order chi connectivity index (χ1) is 28.4. The number of carboxylic acids is 2. The number of aromatic nitrogens is 2. The van der Waals surface area contributed by atoms with Crippen LogP contribution < -0.4 is 11.5 Å². The molecule has 4 aromatic heterocycles. The number of rotatable bonds is 9. The van der Waals surface area contributed by atoms with Crippen LogP contribution in [0.25, 0.3) is 53.1 Å². The van der Waals surface area contributed by atoms with E-state index >= 15 is 0 Å². The second-order valence-electron chi connectivity index (χ2n) is 13.8. The van der Waals surface area contributed by atoms with Crippen molar-refractivity contribution in [3.05, 3.63) is 151 Å². The summed E-state index contributed by atoms with van der Waals surface area (Å²) in [6, 6.07) is 29.3. The van der Waals surface area contributed by atoms with Gasteiger partial charge in [-0.1, -0.05) is 83.3 Å². The highest BCUT2D eigenvalue weighted by molar-refractivity contribution is 9.10. The molecule has 0 spiro atoms. The Hall–Kier alpha value is -5.30. The van der Waals surface area contributed by atoms with E-state index in [9.17, 15) is 19.8 Å². The van der Waals surface area contributed by atoms with E-state index in [1.165, 1.54) is 16.5 Å². The molecule has 0 aliphatic heterocycles. The van der Waals surface area contributed by atoms with Gasteiger partial charge in [0, 0.05) is 82.6 Å². The van der Waals surface area contributed by atoms with Crippen molar-refractivity contribution in [3.8, 4) is 11.1 Å². The molecule has 0 aliphatic rings. The first kappa shape index (κ1) is 41.8. The number of benzene rings is 5. The number of nitrogens with zero attached hydrogens (tertiary/aromatic N) is 2. The standard InChI is InChI=1S/C25H20ClN3O2S.C19H13BrClNO2S.C2H6/c26-18-2-4-22-17(13-32-24(22)9-18)12-29-11-16(8-25(30)31)21-3-1-14(7-23(21)29)15-5-19(27)10-20(28)6-15;20-13-1-3-15-11(5-19(23)24)8-22(17(15)6-13)9-12-10-25-18-7-14(21)2-4-16(12)18;1-2/h1-7,9-11,13H,8,12,27-28H2,(H,30,31);1-4,6-8,10H,5,9H2,(H,23,24);1-2H3. The lowest BCUT2D eigenvalue weighted by Gasteiger charge is -2.09. The molecule has 5 aromatic carbocycles. The van der Waals surface area contributed by atoms with Gasteiger partial charge in [-0.25, -0.2) is 0 Å². The van der Waals surface area contributed by atoms with E-state index in [0.717, 1.165) is 68.3 Å². The fourth-order valence-electron chi connectivity index (χ4n) is 7.33. The van der Waals surface area contributed by atoms with E-state index in [0.29, 0.717) is 29.5 Å². The van der Waals surface area contributed by atoms with Gasteiger partial charge in [0.05, 0.1) is 12.8 Å². The predicted octanol–water partition coefficient (Wildman–Crippen LogP) is 13.0. The number of halogens is 3. The molecule has 13 heteroatoms. The Balaban J connectivity index is 0.000000177. The number of thiophene rings is 2. The summed E-state index contributed by atoms with van der Waals surface area (Å²) in [5, 5.41) is 28.6. The van der Waals surface area contributed by atoms with E-state index in [1.807, 2.05) is 105 Å². The van der Waals surface area contributed by atoms with Crippen molar-refractivity contribution in [2.24, 2.45) is 0 Å². The lowest BCUT2D eigenvalue weighted by molar-refractivity contribution is -0.137. The lowest BCUT2D eigenvalue weighted by Crippen LogP contribution is -2.00. The first-order valence-electron chi connectivity index (χ1n) is 18.7. The van der Waals surface area contributed by atoms with Crippen LogP contribution in [0.4, 0.5) is 11.4 Å². The van der Waals surface area contributed by atoms with Crippen LogP contribution in [-0.2, 0) is 35.5 Å². The molecular weight excluding hydrogens is 887 g/mol. The molecule has 0 fully saturated rings. The van der Waals surface area contributed by atoms with E-state index in [2.05, 4.69) is 41.9 Å². The third kappa shape index (κ3) is 9.30. The van der Waals surface area contributed by atoms with Gasteiger partial charge >= 0.3 is 11.9 Å². The third-order valence-electron chi connectivity index (χ3n) is 9.80. The van der Waals surface area contributed by atoms with Crippen LogP contribution in [0.3, 0.4) is 0 Å². The van der Waals surface area contributed by atoms with Gasteiger partial charge in [0.2, 0.25) is 0 Å². The Bertz CT molecular complexity index is 3000. The molecule has 0 saturated heterocycles. The molecule has 8 nitrogen and oxygen atoms in total. The summed E-state index contributed by atoms with van der Waals surface area (Å²) in [5.41, 5.74) is 21.1. The average Bonchev–Trinajstić information content (AvgIpc) is 3.95. The molecule has 0 unspecified atom stereocenters. The Kier molecular flexibility index (Phi) is 12.7. The van der Waals surface area contributed by atoms with E-state index < -0.39 is 11.9 Å². The maximum absolute atomic E-state index is 11.5. The molecule has 300 valence electrons. The fourth-order valence-corrected chi connectivity index (χ4v) is 10.1. The van der Waals surface area contributed by atoms with Crippen molar-refractivity contribution < 1.29 is 19.8 Å². The molecule has 59 heavy (non-hydrogen) atoms. The third-order valence-corrected chi connectivity index (χ3v) is 12.8. The second kappa shape index (κ2) is 17.9. The normalized spacial score (nSPS) is 11.1. The van der Waals surface area contributed by atoms with Crippen molar-refractivity contribution in [1.29, 1.82) is 0 Å². The Labute approximate surface area is 367 Å². The van der Waals surface area contributed by atoms with Crippen LogP contribution in [0, 0.1) is 0 Å². The summed E-state index contributed by atoms with van der Waals surface area (Å²) in [4.78, 5) is 22.6. The number of nitrogens with two attached hydrogens (primary N) is 2. The minimum atomic E-state index is -0.854. The van der Waals surface area contributed by atoms with Crippen LogP contribution in [-0.4, -0.2) is 31.3 Å². The number of nitrogen functional groups attached to an aromatic ring is 2. The van der Waals surface area contributed by atoms with Crippen molar-refractivity contribution in [2.45, 2.75) is 39.8 Å². The van der Waals surface area contributed by atoms with Crippen molar-refractivity contribution in [1.82, 2.24) is 9.13 Å². The van der Waals surface area contributed by atoms with Gasteiger partial charge in [-0.15, -0.1) is 22.7 Å². The van der Waals surface area contributed by atoms with Gasteiger partial charge < -0.3 is 30.8 Å². The Morgan fingerprint density at radius 2 is 1.05 bits per heavy atom. The number of carboxylic acid groups (broad SMARTS) is 2. The van der Waals surface area contributed by atoms with Gasteiger partial charge in [0.1, 0.15) is 0 Å². The predicted molar refractivity (Wildman–Crippen MR) is 252 cm³/mol. The minimum absolute atomic E-state index is 0.0190. The summed E-state index contributed by atoms with van der Waals surface area (Å²) in [6.07, 6.45) is 3.87. The molecule has 0 amide bonds. The van der Waals surface area contributed by atoms with Crippen molar-refractivity contribution in [2.75, 3.05) is 11.5 Å². The van der Waals surface area contributed by atoms with Crippen LogP contribution in [0.5, 0.6) is 0 Å². The summed E-state index contributed by atoms with van der Waals surface area (Å²) >= 11 is 19.1. The van der Waals surface area contributed by atoms with Crippen LogP contribution >= 0.6 is 61.8 Å². The topological polar surface area (TPSA) is 136 Å². The van der Waals surface area contributed by atoms with E-state index in [1.54, 1.807) is 28.7 Å². The quantitative estimate of drug-likeness (QED) is 0.106. The minimum Gasteiger partial charge on any atom is -0.481 e. The molecule has 0 bridgehead atoms. The number of hydrogen-bond acceptors (Lipinski definition) is 6. The smallest absolute Gasteiger partial charge is 0.307 e. The maximum atomic E-state index is 11.5. The molecule has 0 saturated carbocycles. The lowest BCUT2D eigenvalue weighted by atomic mass is 10.0. The molecule has 6 N–H and O–H groups in total. The average molecular weight is 927 g/mol. The maximum Gasteiger partial charge on any atom is 0.307 e. The molecule has 9 aromatic rings. The second-order valence-corrected chi connectivity index (χ2v) is 17.4. The van der Waals surface area contributed by atoms with Crippen molar-refractivity contribution in [3.63, 3.8) is 0 Å². The van der Waals surface area contributed by atoms with E-state index in [-0.39, 0.29) is 12.8 Å². The van der Waals surface area contributed by atoms with Crippen LogP contribution in [0.2, 0.25) is 10.0 Å². The molecule has 0 radical (unpaired) electrons. The van der Waals surface area contributed by atoms with Crippen LogP contribution in [0.1, 0.15) is 36.1 Å². The number of aliphatic carboxylic acids is 2. The zero-order valence-corrected chi connectivity index (χ0v) is 36.7.